The fraction of sp³-hybridized carbons (Fsp3) is 0.600. The van der Waals surface area contributed by atoms with E-state index < -0.39 is 0 Å². The molecular formula is C5H9N2S+. The highest BCUT2D eigenvalue weighted by molar-refractivity contribution is 7.02. The number of aromatic nitrogens is 2. The first-order valence-corrected chi connectivity index (χ1v) is 3.44. The Morgan fingerprint density at radius 2 is 2.38 bits per heavy atom. The van der Waals surface area contributed by atoms with Crippen LogP contribution in [0, 0.1) is 0 Å². The second-order valence-corrected chi connectivity index (χ2v) is 2.61. The van der Waals surface area contributed by atoms with E-state index in [1.807, 2.05) is 11.8 Å². The van der Waals surface area contributed by atoms with Crippen LogP contribution in [-0.4, -0.2) is 4.37 Å². The Hall–Kier alpha value is -0.440. The monoisotopic (exact) mass is 129 g/mol. The van der Waals surface area contributed by atoms with Crippen molar-refractivity contribution in [2.24, 2.45) is 0 Å². The molecule has 0 saturated carbocycles. The van der Waals surface area contributed by atoms with Gasteiger partial charge in [0, 0.05) is 4.37 Å². The van der Waals surface area contributed by atoms with Crippen LogP contribution in [0.1, 0.15) is 19.9 Å². The number of nitrogens with zero attached hydrogens (tertiary/aromatic N) is 2. The summed E-state index contributed by atoms with van der Waals surface area (Å²) in [5, 5.41) is 0. The molecule has 0 amide bonds. The predicted octanol–water partition coefficient (Wildman–Crippen LogP) is 1.01. The Bertz CT molecular complexity index is 145. The van der Waals surface area contributed by atoms with Gasteiger partial charge in [0.05, 0.1) is 6.04 Å². The minimum atomic E-state index is 0.550. The molecule has 8 heavy (non-hydrogen) atoms. The minimum absolute atomic E-state index is 0.550. The van der Waals surface area contributed by atoms with E-state index in [2.05, 4.69) is 22.8 Å². The van der Waals surface area contributed by atoms with Crippen molar-refractivity contribution in [1.82, 2.24) is 4.37 Å². The van der Waals surface area contributed by atoms with Crippen molar-refractivity contribution >= 4 is 11.5 Å². The molecule has 0 aliphatic heterocycles. The Morgan fingerprint density at radius 3 is 2.62 bits per heavy atom. The third-order valence-corrected chi connectivity index (χ3v) is 1.56. The number of rotatable bonds is 1. The van der Waals surface area contributed by atoms with Crippen LogP contribution in [-0.2, 0) is 0 Å². The van der Waals surface area contributed by atoms with E-state index in [4.69, 9.17) is 0 Å². The molecule has 0 aliphatic carbocycles. The van der Waals surface area contributed by atoms with Gasteiger partial charge in [-0.05, 0) is 13.8 Å². The van der Waals surface area contributed by atoms with Crippen molar-refractivity contribution in [3.05, 3.63) is 11.8 Å². The average Bonchev–Trinajstić information content (AvgIpc) is 2.12. The van der Waals surface area contributed by atoms with E-state index in [0.717, 1.165) is 0 Å². The lowest BCUT2D eigenvalue weighted by atomic mass is 10.4. The van der Waals surface area contributed by atoms with Crippen LogP contribution in [0.4, 0.5) is 0 Å². The molecule has 0 spiro atoms. The van der Waals surface area contributed by atoms with Crippen LogP contribution >= 0.6 is 11.5 Å². The van der Waals surface area contributed by atoms with Crippen LogP contribution < -0.4 is 4.57 Å². The fourth-order valence-electron chi connectivity index (χ4n) is 0.446. The van der Waals surface area contributed by atoms with Crippen molar-refractivity contribution in [1.29, 1.82) is 0 Å². The van der Waals surface area contributed by atoms with Gasteiger partial charge >= 0.3 is 6.33 Å². The first-order chi connectivity index (χ1) is 3.80. The van der Waals surface area contributed by atoms with Crippen LogP contribution in [0.2, 0.25) is 0 Å². The summed E-state index contributed by atoms with van der Waals surface area (Å²) in [6.07, 6.45) is 1.84. The van der Waals surface area contributed by atoms with E-state index in [0.29, 0.717) is 6.04 Å². The van der Waals surface area contributed by atoms with E-state index in [1.54, 1.807) is 0 Å². The van der Waals surface area contributed by atoms with Crippen molar-refractivity contribution in [2.45, 2.75) is 19.9 Å². The number of hydrogen-bond acceptors (Lipinski definition) is 2. The van der Waals surface area contributed by atoms with Gasteiger partial charge < -0.3 is 0 Å². The van der Waals surface area contributed by atoms with Crippen LogP contribution in [0.15, 0.2) is 11.8 Å². The molecule has 0 saturated heterocycles. The highest BCUT2D eigenvalue weighted by atomic mass is 32.1. The summed E-state index contributed by atoms with van der Waals surface area (Å²) in [4.78, 5) is 0. The standard InChI is InChI=1S/C5H9N2S/c1-5(2)7-3-6-8-4-7/h3-5H,1-2H3/q+1. The van der Waals surface area contributed by atoms with Gasteiger partial charge in [0.15, 0.2) is 5.51 Å². The third-order valence-electron chi connectivity index (χ3n) is 1.01. The first-order valence-electron chi connectivity index (χ1n) is 2.61. The molecule has 3 heteroatoms. The molecular weight excluding hydrogens is 120 g/mol. The zero-order valence-electron chi connectivity index (χ0n) is 5.03. The van der Waals surface area contributed by atoms with Gasteiger partial charge in [0.2, 0.25) is 0 Å². The maximum atomic E-state index is 3.95. The highest BCUT2D eigenvalue weighted by Crippen LogP contribution is 1.90. The average molecular weight is 129 g/mol. The normalized spacial score (nSPS) is 10.4. The Kier molecular flexibility index (Phi) is 1.58. The molecule has 0 unspecified atom stereocenters. The lowest BCUT2D eigenvalue weighted by Crippen LogP contribution is -2.32. The summed E-state index contributed by atoms with van der Waals surface area (Å²) >= 11 is 1.48. The van der Waals surface area contributed by atoms with Gasteiger partial charge in [0.25, 0.3) is 0 Å². The van der Waals surface area contributed by atoms with E-state index in [9.17, 15) is 0 Å². The van der Waals surface area contributed by atoms with E-state index in [-0.39, 0.29) is 0 Å². The summed E-state index contributed by atoms with van der Waals surface area (Å²) in [6, 6.07) is 0.550. The topological polar surface area (TPSA) is 16.8 Å². The largest absolute Gasteiger partial charge is 0.302 e. The molecule has 0 bridgehead atoms. The molecule has 1 aromatic rings. The zero-order valence-corrected chi connectivity index (χ0v) is 5.85. The maximum absolute atomic E-state index is 3.95. The molecule has 0 radical (unpaired) electrons. The van der Waals surface area contributed by atoms with Gasteiger partial charge in [-0.2, -0.15) is 0 Å². The van der Waals surface area contributed by atoms with Gasteiger partial charge in [0.1, 0.15) is 11.5 Å². The molecule has 2 nitrogen and oxygen atoms in total. The Morgan fingerprint density at radius 1 is 1.62 bits per heavy atom. The highest BCUT2D eigenvalue weighted by Gasteiger charge is 2.01. The van der Waals surface area contributed by atoms with Crippen molar-refractivity contribution in [2.75, 3.05) is 0 Å². The number of hydrogen-bond donors (Lipinski definition) is 0. The van der Waals surface area contributed by atoms with Gasteiger partial charge in [-0.1, -0.05) is 0 Å². The second-order valence-electron chi connectivity index (χ2n) is 1.97. The zero-order chi connectivity index (χ0) is 5.98. The summed E-state index contributed by atoms with van der Waals surface area (Å²) in [5.41, 5.74) is 2.00. The lowest BCUT2D eigenvalue weighted by Gasteiger charge is -1.93. The van der Waals surface area contributed by atoms with Gasteiger partial charge in [-0.15, -0.1) is 0 Å². The maximum Gasteiger partial charge on any atom is 0.302 e. The molecule has 0 aromatic carbocycles. The molecule has 0 aliphatic rings. The lowest BCUT2D eigenvalue weighted by molar-refractivity contribution is -0.713. The van der Waals surface area contributed by atoms with Crippen LogP contribution in [0.5, 0.6) is 0 Å². The molecule has 44 valence electrons. The molecule has 1 aromatic heterocycles. The van der Waals surface area contributed by atoms with Gasteiger partial charge in [-0.25, -0.2) is 4.57 Å². The summed E-state index contributed by atoms with van der Waals surface area (Å²) < 4.78 is 6.02. The summed E-state index contributed by atoms with van der Waals surface area (Å²) in [7, 11) is 0. The van der Waals surface area contributed by atoms with Gasteiger partial charge in [-0.3, -0.25) is 0 Å². The molecule has 1 heterocycles. The Labute approximate surface area is 53.0 Å². The molecule has 1 rings (SSSR count). The van der Waals surface area contributed by atoms with Crippen molar-refractivity contribution in [3.8, 4) is 0 Å². The smallest absolute Gasteiger partial charge is 0.222 e. The van der Waals surface area contributed by atoms with E-state index in [1.165, 1.54) is 11.5 Å². The first kappa shape index (κ1) is 5.69. The Balaban J connectivity index is 2.77. The molecule has 0 N–H and O–H groups in total. The quantitative estimate of drug-likeness (QED) is 0.517. The predicted molar refractivity (Wildman–Crippen MR) is 32.7 cm³/mol. The molecule has 0 fully saturated rings. The van der Waals surface area contributed by atoms with E-state index >= 15 is 0 Å². The van der Waals surface area contributed by atoms with Crippen molar-refractivity contribution in [3.63, 3.8) is 0 Å². The van der Waals surface area contributed by atoms with Crippen LogP contribution in [0.3, 0.4) is 0 Å². The minimum Gasteiger partial charge on any atom is -0.222 e. The van der Waals surface area contributed by atoms with Crippen LogP contribution in [0.25, 0.3) is 0 Å². The second kappa shape index (κ2) is 2.22. The fourth-order valence-corrected chi connectivity index (χ4v) is 1.07. The summed E-state index contributed by atoms with van der Waals surface area (Å²) in [6.45, 7) is 4.27. The third kappa shape index (κ3) is 1.04. The summed E-state index contributed by atoms with van der Waals surface area (Å²) in [5.74, 6) is 0. The SMILES string of the molecule is CC(C)[n+]1cnsc1. The molecule has 0 atom stereocenters. The van der Waals surface area contributed by atoms with Crippen molar-refractivity contribution < 1.29 is 4.57 Å².